The summed E-state index contributed by atoms with van der Waals surface area (Å²) in [6.07, 6.45) is 10.8. The van der Waals surface area contributed by atoms with Crippen LogP contribution in [0.4, 0.5) is 0 Å². The van der Waals surface area contributed by atoms with E-state index in [2.05, 4.69) is 27.2 Å². The molecule has 1 N–H and O–H groups in total. The topological polar surface area (TPSA) is 76.8 Å². The van der Waals surface area contributed by atoms with Gasteiger partial charge in [-0.1, -0.05) is 0 Å². The third-order valence-electron chi connectivity index (χ3n) is 5.60. The van der Waals surface area contributed by atoms with Crippen molar-refractivity contribution >= 4 is 5.96 Å². The molecule has 1 aliphatic carbocycles. The van der Waals surface area contributed by atoms with Crippen molar-refractivity contribution in [1.29, 1.82) is 0 Å². The number of pyridine rings is 1. The summed E-state index contributed by atoms with van der Waals surface area (Å²) < 4.78 is 13.8. The molecular formula is C22H32N6O2. The first-order valence-corrected chi connectivity index (χ1v) is 11.0. The molecule has 4 rings (SSSR count). The molecule has 0 amide bonds. The first-order chi connectivity index (χ1) is 14.7. The molecule has 8 heteroatoms. The average molecular weight is 413 g/mol. The van der Waals surface area contributed by atoms with Crippen molar-refractivity contribution in [3.63, 3.8) is 0 Å². The van der Waals surface area contributed by atoms with Crippen LogP contribution in [0.5, 0.6) is 5.88 Å². The second kappa shape index (κ2) is 9.93. The normalized spacial score (nSPS) is 20.5. The van der Waals surface area contributed by atoms with E-state index in [1.54, 1.807) is 0 Å². The van der Waals surface area contributed by atoms with Crippen molar-refractivity contribution in [2.24, 2.45) is 12.0 Å². The van der Waals surface area contributed by atoms with Crippen molar-refractivity contribution in [2.75, 3.05) is 26.2 Å². The molecule has 3 heterocycles. The van der Waals surface area contributed by atoms with E-state index >= 15 is 0 Å². The lowest BCUT2D eigenvalue weighted by Crippen LogP contribution is -2.48. The van der Waals surface area contributed by atoms with Gasteiger partial charge in [-0.05, 0) is 44.2 Å². The first-order valence-electron chi connectivity index (χ1n) is 11.0. The van der Waals surface area contributed by atoms with E-state index in [0.29, 0.717) is 25.1 Å². The van der Waals surface area contributed by atoms with Crippen LogP contribution in [0.2, 0.25) is 0 Å². The Morgan fingerprint density at radius 3 is 3.00 bits per heavy atom. The number of ether oxygens (including phenoxy) is 2. The number of aliphatic imine (C=N–C) groups is 1. The minimum atomic E-state index is 0.00338. The molecule has 0 bridgehead atoms. The van der Waals surface area contributed by atoms with Gasteiger partial charge in [0.2, 0.25) is 5.88 Å². The lowest BCUT2D eigenvalue weighted by molar-refractivity contribution is -0.00805. The van der Waals surface area contributed by atoms with Gasteiger partial charge in [0, 0.05) is 44.2 Å². The summed E-state index contributed by atoms with van der Waals surface area (Å²) in [6.45, 7) is 5.73. The number of nitrogens with zero attached hydrogens (tertiary/aromatic N) is 5. The number of guanidine groups is 1. The Hall–Kier alpha value is -2.61. The Kier molecular flexibility index (Phi) is 6.84. The average Bonchev–Trinajstić information content (AvgIpc) is 3.43. The van der Waals surface area contributed by atoms with E-state index in [1.165, 1.54) is 12.8 Å². The summed E-state index contributed by atoms with van der Waals surface area (Å²) in [7, 11) is 1.93. The van der Waals surface area contributed by atoms with Crippen LogP contribution in [0.25, 0.3) is 0 Å². The van der Waals surface area contributed by atoms with Crippen molar-refractivity contribution < 1.29 is 9.47 Å². The van der Waals surface area contributed by atoms with E-state index in [9.17, 15) is 0 Å². The number of nitrogens with one attached hydrogen (secondary N) is 1. The fourth-order valence-corrected chi connectivity index (χ4v) is 4.03. The third-order valence-corrected chi connectivity index (χ3v) is 5.60. The summed E-state index contributed by atoms with van der Waals surface area (Å²) in [5.74, 6) is 1.62. The molecule has 8 nitrogen and oxygen atoms in total. The molecule has 2 fully saturated rings. The summed E-state index contributed by atoms with van der Waals surface area (Å²) in [5, 5.41) is 7.70. The van der Waals surface area contributed by atoms with Crippen LogP contribution in [0.3, 0.4) is 0 Å². The van der Waals surface area contributed by atoms with Gasteiger partial charge < -0.3 is 19.7 Å². The highest BCUT2D eigenvalue weighted by Gasteiger charge is 2.25. The zero-order valence-electron chi connectivity index (χ0n) is 18.0. The second-order valence-corrected chi connectivity index (χ2v) is 7.95. The quantitative estimate of drug-likeness (QED) is 0.581. The Bertz CT molecular complexity index is 846. The van der Waals surface area contributed by atoms with Crippen molar-refractivity contribution in [1.82, 2.24) is 25.0 Å². The molecule has 0 spiro atoms. The minimum Gasteiger partial charge on any atom is -0.474 e. The van der Waals surface area contributed by atoms with Gasteiger partial charge in [0.15, 0.2) is 5.96 Å². The van der Waals surface area contributed by atoms with Crippen molar-refractivity contribution in [3.05, 3.63) is 41.9 Å². The predicted octanol–water partition coefficient (Wildman–Crippen LogP) is 2.68. The zero-order valence-corrected chi connectivity index (χ0v) is 18.0. The highest BCUT2D eigenvalue weighted by atomic mass is 16.5. The van der Waals surface area contributed by atoms with Crippen LogP contribution < -0.4 is 10.1 Å². The minimum absolute atomic E-state index is 0.00338. The van der Waals surface area contributed by atoms with Gasteiger partial charge in [-0.2, -0.15) is 5.10 Å². The molecule has 1 unspecified atom stereocenters. The van der Waals surface area contributed by atoms with Crippen LogP contribution >= 0.6 is 0 Å². The number of aryl methyl sites for hydroxylation is 1. The Morgan fingerprint density at radius 2 is 2.23 bits per heavy atom. The van der Waals surface area contributed by atoms with Crippen LogP contribution in [0, 0.1) is 0 Å². The third kappa shape index (κ3) is 5.30. The Balaban J connectivity index is 1.42. The Morgan fingerprint density at radius 1 is 1.37 bits per heavy atom. The molecule has 2 aromatic rings. The summed E-state index contributed by atoms with van der Waals surface area (Å²) in [6, 6.07) is 4.02. The first kappa shape index (κ1) is 20.7. The van der Waals surface area contributed by atoms with Crippen LogP contribution in [0.15, 0.2) is 35.7 Å². The molecule has 1 atom stereocenters. The molecule has 0 radical (unpaired) electrons. The van der Waals surface area contributed by atoms with E-state index in [-0.39, 0.29) is 6.10 Å². The molecule has 2 aromatic heterocycles. The van der Waals surface area contributed by atoms with Gasteiger partial charge in [0.1, 0.15) is 12.2 Å². The molecule has 2 aliphatic rings. The lowest BCUT2D eigenvalue weighted by atomic mass is 10.1. The molecule has 162 valence electrons. The standard InChI is InChI=1S/C22H32N6O2/c1-3-23-22(28-10-11-29-20(16-28)18-14-26-27(2)15-18)25-13-17-8-9-24-21(12-17)30-19-6-4-5-7-19/h8-9,12,14-15,19-20H,3-7,10-11,13,16H2,1-2H3,(H,23,25). The second-order valence-electron chi connectivity index (χ2n) is 7.95. The van der Waals surface area contributed by atoms with E-state index in [0.717, 1.165) is 49.6 Å². The fourth-order valence-electron chi connectivity index (χ4n) is 4.03. The number of hydrogen-bond acceptors (Lipinski definition) is 5. The van der Waals surface area contributed by atoms with E-state index in [1.807, 2.05) is 42.5 Å². The van der Waals surface area contributed by atoms with Gasteiger partial charge in [-0.15, -0.1) is 0 Å². The molecule has 1 saturated heterocycles. The number of rotatable bonds is 6. The van der Waals surface area contributed by atoms with Gasteiger partial charge in [-0.25, -0.2) is 9.98 Å². The summed E-state index contributed by atoms with van der Waals surface area (Å²) in [5.41, 5.74) is 2.20. The van der Waals surface area contributed by atoms with Crippen LogP contribution in [0.1, 0.15) is 49.8 Å². The summed E-state index contributed by atoms with van der Waals surface area (Å²) >= 11 is 0. The SMILES string of the molecule is CCNC(=NCc1ccnc(OC2CCCC2)c1)N1CCOC(c2cnn(C)c2)C1. The largest absolute Gasteiger partial charge is 0.474 e. The number of morpholine rings is 1. The predicted molar refractivity (Wildman–Crippen MR) is 115 cm³/mol. The van der Waals surface area contributed by atoms with Gasteiger partial charge >= 0.3 is 0 Å². The fraction of sp³-hybridized carbons (Fsp3) is 0.591. The summed E-state index contributed by atoms with van der Waals surface area (Å²) in [4.78, 5) is 11.5. The molecule has 1 aliphatic heterocycles. The molecular weight excluding hydrogens is 380 g/mol. The van der Waals surface area contributed by atoms with Gasteiger partial charge in [0.25, 0.3) is 0 Å². The van der Waals surface area contributed by atoms with Crippen molar-refractivity contribution in [2.45, 2.75) is 51.4 Å². The van der Waals surface area contributed by atoms with Crippen molar-refractivity contribution in [3.8, 4) is 5.88 Å². The molecule has 1 saturated carbocycles. The smallest absolute Gasteiger partial charge is 0.213 e. The lowest BCUT2D eigenvalue weighted by Gasteiger charge is -2.34. The van der Waals surface area contributed by atoms with Crippen LogP contribution in [-0.2, 0) is 18.3 Å². The van der Waals surface area contributed by atoms with E-state index < -0.39 is 0 Å². The highest BCUT2D eigenvalue weighted by Crippen LogP contribution is 2.24. The molecule has 30 heavy (non-hydrogen) atoms. The highest BCUT2D eigenvalue weighted by molar-refractivity contribution is 5.80. The van der Waals surface area contributed by atoms with Crippen LogP contribution in [-0.4, -0.2) is 58.0 Å². The molecule has 0 aromatic carbocycles. The number of aromatic nitrogens is 3. The maximum atomic E-state index is 6.04. The maximum Gasteiger partial charge on any atom is 0.213 e. The number of hydrogen-bond donors (Lipinski definition) is 1. The van der Waals surface area contributed by atoms with Gasteiger partial charge in [-0.3, -0.25) is 4.68 Å². The maximum absolute atomic E-state index is 6.04. The van der Waals surface area contributed by atoms with E-state index in [4.69, 9.17) is 14.5 Å². The van der Waals surface area contributed by atoms with Gasteiger partial charge in [0.05, 0.1) is 25.9 Å². The Labute approximate surface area is 178 Å². The zero-order chi connectivity index (χ0) is 20.8. The monoisotopic (exact) mass is 412 g/mol.